The van der Waals surface area contributed by atoms with Crippen LogP contribution in [0.3, 0.4) is 0 Å². The molecule has 57 heavy (non-hydrogen) atoms. The van der Waals surface area contributed by atoms with Gasteiger partial charge in [-0.1, -0.05) is 121 Å². The zero-order valence-electron chi connectivity index (χ0n) is 31.7. The van der Waals surface area contributed by atoms with E-state index in [1.807, 2.05) is 12.1 Å². The molecule has 0 fully saturated rings. The van der Waals surface area contributed by atoms with Gasteiger partial charge in [0.25, 0.3) is 0 Å². The van der Waals surface area contributed by atoms with Gasteiger partial charge in [0.2, 0.25) is 0 Å². The van der Waals surface area contributed by atoms with E-state index in [0.717, 1.165) is 88.8 Å². The molecule has 4 nitrogen and oxygen atoms in total. The summed E-state index contributed by atoms with van der Waals surface area (Å²) in [7, 11) is -0.921. The Labute approximate surface area is 332 Å². The van der Waals surface area contributed by atoms with E-state index in [1.165, 1.54) is 16.0 Å². The Morgan fingerprint density at radius 3 is 1.63 bits per heavy atom. The van der Waals surface area contributed by atoms with E-state index in [0.29, 0.717) is 0 Å². The lowest BCUT2D eigenvalue weighted by molar-refractivity contribution is 0.668. The zero-order valence-corrected chi connectivity index (χ0v) is 32.8. The van der Waals surface area contributed by atoms with E-state index < -0.39 is 8.80 Å². The summed E-state index contributed by atoms with van der Waals surface area (Å²) in [6, 6.07) is 67.1. The predicted octanol–water partition coefficient (Wildman–Crippen LogP) is 14.4. The maximum atomic E-state index is 7.02. The lowest BCUT2D eigenvalue weighted by Gasteiger charge is -2.26. The minimum Gasteiger partial charge on any atom is -0.455 e. The summed E-state index contributed by atoms with van der Waals surface area (Å²) < 4.78 is 13.6. The monoisotopic (exact) mass is 750 g/mol. The molecule has 0 amide bonds. The van der Waals surface area contributed by atoms with E-state index in [2.05, 4.69) is 199 Å². The third kappa shape index (κ3) is 5.42. The first-order chi connectivity index (χ1) is 28.1. The van der Waals surface area contributed by atoms with Crippen molar-refractivity contribution in [2.75, 3.05) is 9.80 Å². The summed E-state index contributed by atoms with van der Waals surface area (Å²) in [5.41, 5.74) is 9.81. The fourth-order valence-electron chi connectivity index (χ4n) is 8.65. The van der Waals surface area contributed by atoms with Crippen molar-refractivity contribution in [3.63, 3.8) is 0 Å². The van der Waals surface area contributed by atoms with Crippen molar-refractivity contribution in [2.45, 2.75) is 13.1 Å². The summed E-state index contributed by atoms with van der Waals surface area (Å²) in [5.74, 6) is 0. The van der Waals surface area contributed by atoms with Crippen LogP contribution in [0, 0.1) is 0 Å². The van der Waals surface area contributed by atoms with Crippen molar-refractivity contribution in [3.8, 4) is 0 Å². The van der Waals surface area contributed by atoms with Crippen LogP contribution >= 0.6 is 0 Å². The number of furan rings is 2. The first-order valence-corrected chi connectivity index (χ1v) is 22.5. The van der Waals surface area contributed by atoms with E-state index in [9.17, 15) is 0 Å². The van der Waals surface area contributed by atoms with Gasteiger partial charge in [0.1, 0.15) is 16.7 Å². The van der Waals surface area contributed by atoms with Gasteiger partial charge in [0.05, 0.1) is 20.2 Å². The number of hydrogen-bond acceptors (Lipinski definition) is 4. The molecular weight excluding hydrogens is 713 g/mol. The van der Waals surface area contributed by atoms with Gasteiger partial charge in [0.15, 0.2) is 5.58 Å². The summed E-state index contributed by atoms with van der Waals surface area (Å²) >= 11 is 0. The molecule has 272 valence electrons. The third-order valence-electron chi connectivity index (χ3n) is 11.4. The number of nitrogens with zero attached hydrogens (tertiary/aromatic N) is 2. The maximum absolute atomic E-state index is 7.02. The highest BCUT2D eigenvalue weighted by molar-refractivity contribution is 6.70. The first-order valence-electron chi connectivity index (χ1n) is 19.6. The van der Waals surface area contributed by atoms with Crippen LogP contribution in [0.25, 0.3) is 65.4 Å². The highest BCUT2D eigenvalue weighted by Crippen LogP contribution is 2.47. The molecule has 0 atom stereocenters. The van der Waals surface area contributed by atoms with Crippen LogP contribution in [0.1, 0.15) is 0 Å². The van der Waals surface area contributed by atoms with Gasteiger partial charge < -0.3 is 18.6 Å². The van der Waals surface area contributed by atoms with E-state index >= 15 is 0 Å². The van der Waals surface area contributed by atoms with Crippen LogP contribution in [-0.4, -0.2) is 8.80 Å². The van der Waals surface area contributed by atoms with Crippen LogP contribution in [0.5, 0.6) is 0 Å². The minimum atomic E-state index is -0.921. The summed E-state index contributed by atoms with van der Waals surface area (Å²) in [4.78, 5) is 4.63. The number of fused-ring (bicyclic) bond motifs is 11. The van der Waals surface area contributed by atoms with Crippen molar-refractivity contribution >= 4 is 114 Å². The fourth-order valence-corrected chi connectivity index (χ4v) is 9.62. The minimum absolute atomic E-state index is 0.835. The van der Waals surface area contributed by atoms with Crippen LogP contribution in [0.15, 0.2) is 197 Å². The smallest absolute Gasteiger partial charge is 0.159 e. The largest absolute Gasteiger partial charge is 0.455 e. The molecule has 9 aromatic carbocycles. The molecule has 0 aliphatic carbocycles. The molecular formula is C52H38N2O2Si. The standard InChI is InChI=1S/C52H38N2O2Si/c1-57(2)39-28-24-36(25-29-39)53(34-14-5-3-6-15-34)37-26-30-44-46(32-37)40-18-9-10-20-42(40)50-45-31-27-38(33-49(45)56-52(44)50)54(35-16-7-4-8-17-35)47-22-13-21-43-41-19-11-12-23-48(41)55-51(43)47/h3-33,57H,1-2H3. The molecule has 2 aromatic heterocycles. The highest BCUT2D eigenvalue weighted by atomic mass is 28.3. The number of anilines is 6. The van der Waals surface area contributed by atoms with Gasteiger partial charge in [-0.2, -0.15) is 0 Å². The van der Waals surface area contributed by atoms with Crippen molar-refractivity contribution in [3.05, 3.63) is 188 Å². The van der Waals surface area contributed by atoms with Gasteiger partial charge in [-0.05, 0) is 95.0 Å². The Morgan fingerprint density at radius 2 is 0.895 bits per heavy atom. The number of hydrogen-bond donors (Lipinski definition) is 0. The molecule has 0 spiro atoms. The molecule has 5 heteroatoms. The Balaban J connectivity index is 1.11. The Bertz CT molecular complexity index is 3280. The lowest BCUT2D eigenvalue weighted by atomic mass is 9.96. The second kappa shape index (κ2) is 13.3. The molecule has 11 rings (SSSR count). The molecule has 0 aliphatic rings. The van der Waals surface area contributed by atoms with Gasteiger partial charge >= 0.3 is 0 Å². The first kappa shape index (κ1) is 33.3. The average molecular weight is 751 g/mol. The maximum Gasteiger partial charge on any atom is 0.159 e. The molecule has 0 aliphatic heterocycles. The van der Waals surface area contributed by atoms with Crippen molar-refractivity contribution in [1.82, 2.24) is 0 Å². The normalized spacial score (nSPS) is 11.8. The molecule has 0 saturated carbocycles. The van der Waals surface area contributed by atoms with Gasteiger partial charge in [-0.25, -0.2) is 0 Å². The number of benzene rings is 9. The quantitative estimate of drug-likeness (QED) is 0.120. The lowest BCUT2D eigenvalue weighted by Crippen LogP contribution is -2.22. The second-order valence-corrected chi connectivity index (χ2v) is 18.1. The Hall–Kier alpha value is -7.08. The molecule has 0 N–H and O–H groups in total. The zero-order chi connectivity index (χ0) is 38.0. The van der Waals surface area contributed by atoms with Crippen LogP contribution in [-0.2, 0) is 0 Å². The topological polar surface area (TPSA) is 32.8 Å². The Morgan fingerprint density at radius 1 is 0.351 bits per heavy atom. The summed E-state index contributed by atoms with van der Waals surface area (Å²) in [5, 5.41) is 10.5. The second-order valence-electron chi connectivity index (χ2n) is 15.1. The van der Waals surface area contributed by atoms with Gasteiger partial charge in [-0.15, -0.1) is 0 Å². The van der Waals surface area contributed by atoms with Crippen molar-refractivity contribution in [2.24, 2.45) is 0 Å². The average Bonchev–Trinajstić information content (AvgIpc) is 3.84. The fraction of sp³-hybridized carbons (Fsp3) is 0.0385. The van der Waals surface area contributed by atoms with Crippen molar-refractivity contribution in [1.29, 1.82) is 0 Å². The number of rotatable bonds is 7. The predicted molar refractivity (Wildman–Crippen MR) is 244 cm³/mol. The molecule has 2 heterocycles. The molecule has 0 bridgehead atoms. The van der Waals surface area contributed by atoms with E-state index in [1.54, 1.807) is 0 Å². The van der Waals surface area contributed by atoms with Crippen molar-refractivity contribution < 1.29 is 8.83 Å². The van der Waals surface area contributed by atoms with Crippen LogP contribution < -0.4 is 15.0 Å². The molecule has 0 radical (unpaired) electrons. The summed E-state index contributed by atoms with van der Waals surface area (Å²) in [6.45, 7) is 4.75. The SMILES string of the molecule is C[SiH](C)c1ccc(N(c2ccccc2)c2ccc3c(c2)c2ccccc2c2c4ccc(N(c5ccccc5)c5cccc6c5oc5ccccc56)cc4oc32)cc1. The van der Waals surface area contributed by atoms with E-state index in [-0.39, 0.29) is 0 Å². The van der Waals surface area contributed by atoms with Crippen LogP contribution in [0.4, 0.5) is 34.1 Å². The van der Waals surface area contributed by atoms with Gasteiger partial charge in [0, 0.05) is 55.7 Å². The number of para-hydroxylation sites is 4. The molecule has 0 unspecified atom stereocenters. The van der Waals surface area contributed by atoms with Crippen LogP contribution in [0.2, 0.25) is 13.1 Å². The molecule has 11 aromatic rings. The van der Waals surface area contributed by atoms with E-state index in [4.69, 9.17) is 8.83 Å². The highest BCUT2D eigenvalue weighted by Gasteiger charge is 2.23. The third-order valence-corrected chi connectivity index (χ3v) is 13.1. The molecule has 0 saturated heterocycles. The summed E-state index contributed by atoms with van der Waals surface area (Å²) in [6.07, 6.45) is 0. The van der Waals surface area contributed by atoms with Gasteiger partial charge in [-0.3, -0.25) is 0 Å². The Kier molecular flexibility index (Phi) is 7.76.